The lowest BCUT2D eigenvalue weighted by molar-refractivity contribution is -0.0208. The molecule has 2 N–H and O–H groups in total. The molecular weight excluding hydrogens is 246 g/mol. The number of nitrogens with two attached hydrogens (primary N) is 1. The molecule has 0 aromatic carbocycles. The predicted molar refractivity (Wildman–Crippen MR) is 77.8 cm³/mol. The summed E-state index contributed by atoms with van der Waals surface area (Å²) in [6, 6.07) is 0.899. The van der Waals surface area contributed by atoms with Crippen LogP contribution in [0.5, 0.6) is 0 Å². The van der Waals surface area contributed by atoms with Crippen molar-refractivity contribution in [3.05, 3.63) is 0 Å². The maximum Gasteiger partial charge on any atom is 0.370 e. The van der Waals surface area contributed by atoms with Crippen LogP contribution in [0.4, 0.5) is 0 Å². The van der Waals surface area contributed by atoms with Gasteiger partial charge >= 0.3 is 8.56 Å². The molecule has 0 spiro atoms. The zero-order valence-electron chi connectivity index (χ0n) is 12.8. The molecule has 110 valence electrons. The zero-order valence-corrected chi connectivity index (χ0v) is 13.8. The van der Waals surface area contributed by atoms with Crippen LogP contribution in [-0.4, -0.2) is 40.2 Å². The predicted octanol–water partition coefficient (Wildman–Crippen LogP) is 2.59. The molecule has 0 heterocycles. The Morgan fingerprint density at radius 3 is 1.89 bits per heavy atom. The molecule has 0 aliphatic heterocycles. The quantitative estimate of drug-likeness (QED) is 0.590. The molecule has 0 aliphatic carbocycles. The van der Waals surface area contributed by atoms with Crippen molar-refractivity contribution >= 4 is 8.56 Å². The third kappa shape index (κ3) is 4.31. The molecule has 0 radical (unpaired) electrons. The number of rotatable bonds is 11. The van der Waals surface area contributed by atoms with Crippen molar-refractivity contribution in [1.82, 2.24) is 0 Å². The minimum Gasteiger partial charge on any atom is -0.393 e. The van der Waals surface area contributed by atoms with E-state index in [1.54, 1.807) is 0 Å². The lowest BCUT2D eigenvalue weighted by atomic mass is 10.2. The summed E-state index contributed by atoms with van der Waals surface area (Å²) < 4.78 is 18.2. The number of hydrogen-bond acceptors (Lipinski definition) is 4. The van der Waals surface area contributed by atoms with Crippen LogP contribution >= 0.6 is 0 Å². The Balaban J connectivity index is 5.15. The van der Waals surface area contributed by atoms with Gasteiger partial charge in [-0.2, -0.15) is 0 Å². The van der Waals surface area contributed by atoms with Crippen LogP contribution in [0.3, 0.4) is 0 Å². The van der Waals surface area contributed by atoms with Crippen LogP contribution in [0.25, 0.3) is 0 Å². The summed E-state index contributed by atoms with van der Waals surface area (Å²) in [5.74, 6) is 0. The second kappa shape index (κ2) is 9.04. The lowest BCUT2D eigenvalue weighted by Crippen LogP contribution is -2.62. The van der Waals surface area contributed by atoms with E-state index < -0.39 is 8.56 Å². The van der Waals surface area contributed by atoms with Crippen molar-refractivity contribution in [1.29, 1.82) is 0 Å². The van der Waals surface area contributed by atoms with Gasteiger partial charge in [0.25, 0.3) is 0 Å². The first kappa shape index (κ1) is 18.1. The molecule has 0 aromatic heterocycles. The fourth-order valence-electron chi connectivity index (χ4n) is 2.52. The molecule has 1 unspecified atom stereocenters. The Hall–Kier alpha value is 0.0569. The van der Waals surface area contributed by atoms with E-state index >= 15 is 0 Å². The van der Waals surface area contributed by atoms with Crippen molar-refractivity contribution in [3.63, 3.8) is 0 Å². The first-order valence-corrected chi connectivity index (χ1v) is 9.20. The van der Waals surface area contributed by atoms with Crippen LogP contribution in [0.15, 0.2) is 0 Å². The van der Waals surface area contributed by atoms with E-state index in [-0.39, 0.29) is 5.22 Å². The molecule has 4 nitrogen and oxygen atoms in total. The average Bonchev–Trinajstić information content (AvgIpc) is 2.36. The van der Waals surface area contributed by atoms with Crippen molar-refractivity contribution < 1.29 is 13.6 Å². The van der Waals surface area contributed by atoms with Crippen LogP contribution in [-0.2, 0) is 13.6 Å². The molecule has 0 bridgehead atoms. The summed E-state index contributed by atoms with van der Waals surface area (Å²) in [6.45, 7) is 13.0. The van der Waals surface area contributed by atoms with Gasteiger partial charge in [-0.05, 0) is 53.1 Å². The molecule has 0 saturated heterocycles. The minimum absolute atomic E-state index is 0.318. The fourth-order valence-corrected chi connectivity index (χ4v) is 6.23. The van der Waals surface area contributed by atoms with Gasteiger partial charge in [-0.1, -0.05) is 6.92 Å². The van der Waals surface area contributed by atoms with Crippen LogP contribution < -0.4 is 5.73 Å². The van der Waals surface area contributed by atoms with Crippen molar-refractivity contribution in [2.24, 2.45) is 5.73 Å². The Kier molecular flexibility index (Phi) is 9.07. The molecule has 1 atom stereocenters. The van der Waals surface area contributed by atoms with Gasteiger partial charge in [0.15, 0.2) is 0 Å². The highest BCUT2D eigenvalue weighted by molar-refractivity contribution is 6.70. The molecule has 0 amide bonds. The van der Waals surface area contributed by atoms with Crippen molar-refractivity contribution in [2.45, 2.75) is 58.7 Å². The van der Waals surface area contributed by atoms with Gasteiger partial charge in [0.1, 0.15) is 5.22 Å². The second-order valence-electron chi connectivity index (χ2n) is 4.53. The maximum absolute atomic E-state index is 6.08. The van der Waals surface area contributed by atoms with Gasteiger partial charge < -0.3 is 19.3 Å². The van der Waals surface area contributed by atoms with E-state index in [9.17, 15) is 0 Å². The molecule has 0 fully saturated rings. The fraction of sp³-hybridized carbons (Fsp3) is 1.00. The zero-order chi connectivity index (χ0) is 14.1. The molecule has 0 aromatic rings. The van der Waals surface area contributed by atoms with E-state index in [4.69, 9.17) is 19.3 Å². The number of hydrogen-bond donors (Lipinski definition) is 1. The van der Waals surface area contributed by atoms with Gasteiger partial charge in [0.2, 0.25) is 0 Å². The van der Waals surface area contributed by atoms with Crippen LogP contribution in [0, 0.1) is 0 Å². The topological polar surface area (TPSA) is 53.7 Å². The van der Waals surface area contributed by atoms with Gasteiger partial charge in [0, 0.05) is 19.8 Å². The Bertz CT molecular complexity index is 210. The van der Waals surface area contributed by atoms with E-state index in [1.807, 2.05) is 20.8 Å². The summed E-state index contributed by atoms with van der Waals surface area (Å²) in [7, 11) is -2.36. The Morgan fingerprint density at radius 1 is 1.00 bits per heavy atom. The largest absolute Gasteiger partial charge is 0.393 e. The average molecular weight is 277 g/mol. The monoisotopic (exact) mass is 277 g/mol. The summed E-state index contributed by atoms with van der Waals surface area (Å²) in [4.78, 5) is 0. The highest BCUT2D eigenvalue weighted by Crippen LogP contribution is 2.34. The Morgan fingerprint density at radius 2 is 1.56 bits per heavy atom. The first-order valence-electron chi connectivity index (χ1n) is 7.17. The smallest absolute Gasteiger partial charge is 0.370 e. The van der Waals surface area contributed by atoms with Gasteiger partial charge in [-0.3, -0.25) is 0 Å². The Labute approximate surface area is 113 Å². The van der Waals surface area contributed by atoms with Crippen LogP contribution in [0.1, 0.15) is 47.5 Å². The molecule has 18 heavy (non-hydrogen) atoms. The normalized spacial score (nSPS) is 15.7. The van der Waals surface area contributed by atoms with E-state index in [0.29, 0.717) is 26.4 Å². The van der Waals surface area contributed by atoms with Crippen molar-refractivity contribution in [3.8, 4) is 0 Å². The van der Waals surface area contributed by atoms with Crippen molar-refractivity contribution in [2.75, 3.05) is 26.4 Å². The molecule has 0 aliphatic rings. The SMILES string of the molecule is CCOC(C)(CCCN)[Si](CC)(OCC)OCC. The third-order valence-electron chi connectivity index (χ3n) is 3.35. The molecule has 5 heteroatoms. The molecule has 0 rings (SSSR count). The first-order chi connectivity index (χ1) is 8.55. The highest BCUT2D eigenvalue weighted by Gasteiger charge is 2.54. The highest BCUT2D eigenvalue weighted by atomic mass is 28.4. The van der Waals surface area contributed by atoms with E-state index in [1.165, 1.54) is 0 Å². The molecular formula is C13H31NO3Si. The third-order valence-corrected chi connectivity index (χ3v) is 7.79. The summed E-state index contributed by atoms with van der Waals surface area (Å²) in [5.41, 5.74) is 5.64. The van der Waals surface area contributed by atoms with E-state index in [0.717, 1.165) is 18.9 Å². The van der Waals surface area contributed by atoms with Gasteiger partial charge in [0.05, 0.1) is 0 Å². The maximum atomic E-state index is 6.08. The van der Waals surface area contributed by atoms with E-state index in [2.05, 4.69) is 13.8 Å². The lowest BCUT2D eigenvalue weighted by Gasteiger charge is -2.44. The second-order valence-corrected chi connectivity index (χ2v) is 8.38. The van der Waals surface area contributed by atoms with Gasteiger partial charge in [-0.15, -0.1) is 0 Å². The standard InChI is InChI=1S/C13H31NO3Si/c1-6-15-13(5,11-10-12-14)18(9-4,16-7-2)17-8-3/h6-12,14H2,1-5H3. The van der Waals surface area contributed by atoms with Crippen LogP contribution in [0.2, 0.25) is 6.04 Å². The molecule has 0 saturated carbocycles. The summed E-state index contributed by atoms with van der Waals surface area (Å²) in [6.07, 6.45) is 1.84. The number of ether oxygens (including phenoxy) is 1. The summed E-state index contributed by atoms with van der Waals surface area (Å²) >= 11 is 0. The van der Waals surface area contributed by atoms with Gasteiger partial charge in [-0.25, -0.2) is 0 Å². The summed E-state index contributed by atoms with van der Waals surface area (Å²) in [5, 5.41) is -0.318. The minimum atomic E-state index is -2.36.